The number of thiazole rings is 1. The molecular weight excluding hydrogens is 294 g/mol. The highest BCUT2D eigenvalue weighted by Crippen LogP contribution is 2.28. The van der Waals surface area contributed by atoms with Crippen molar-refractivity contribution in [3.63, 3.8) is 0 Å². The topological polar surface area (TPSA) is 91.8 Å². The van der Waals surface area contributed by atoms with E-state index in [1.807, 2.05) is 10.3 Å². The molecule has 0 spiro atoms. The zero-order valence-corrected chi connectivity index (χ0v) is 13.1. The van der Waals surface area contributed by atoms with Gasteiger partial charge in [-0.2, -0.15) is 0 Å². The maximum Gasteiger partial charge on any atom is 0.408 e. The number of carbonyl (C=O) groups is 2. The summed E-state index contributed by atoms with van der Waals surface area (Å²) < 4.78 is 5.16. The van der Waals surface area contributed by atoms with Crippen LogP contribution in [0.5, 0.6) is 0 Å². The van der Waals surface area contributed by atoms with E-state index in [0.717, 1.165) is 5.13 Å². The molecule has 2 heterocycles. The first-order valence-electron chi connectivity index (χ1n) is 6.61. The molecule has 1 aliphatic heterocycles. The number of aromatic nitrogens is 1. The molecule has 7 nitrogen and oxygen atoms in total. The Morgan fingerprint density at radius 3 is 2.76 bits per heavy atom. The highest BCUT2D eigenvalue weighted by molar-refractivity contribution is 7.13. The van der Waals surface area contributed by atoms with Gasteiger partial charge in [0.05, 0.1) is 6.54 Å². The van der Waals surface area contributed by atoms with Gasteiger partial charge in [0, 0.05) is 24.5 Å². The molecule has 2 N–H and O–H groups in total. The van der Waals surface area contributed by atoms with E-state index in [0.29, 0.717) is 13.0 Å². The van der Waals surface area contributed by atoms with Crippen molar-refractivity contribution in [1.82, 2.24) is 10.3 Å². The average Bonchev–Trinajstić information content (AvgIpc) is 2.94. The molecule has 21 heavy (non-hydrogen) atoms. The Morgan fingerprint density at radius 1 is 1.52 bits per heavy atom. The SMILES string of the molecule is CC(C)(C)OC(=O)NC1(C(=O)O)CCN(c2nccs2)C1. The number of ether oxygens (including phenoxy) is 1. The number of nitrogens with one attached hydrogen (secondary N) is 1. The summed E-state index contributed by atoms with van der Waals surface area (Å²) in [6.45, 7) is 5.90. The van der Waals surface area contributed by atoms with Crippen LogP contribution in [0, 0.1) is 0 Å². The van der Waals surface area contributed by atoms with Crippen LogP contribution < -0.4 is 10.2 Å². The molecule has 1 unspecified atom stereocenters. The second-order valence-corrected chi connectivity index (χ2v) is 6.87. The van der Waals surface area contributed by atoms with E-state index < -0.39 is 23.2 Å². The van der Waals surface area contributed by atoms with Gasteiger partial charge < -0.3 is 20.1 Å². The summed E-state index contributed by atoms with van der Waals surface area (Å²) in [4.78, 5) is 29.5. The minimum absolute atomic E-state index is 0.176. The van der Waals surface area contributed by atoms with E-state index in [4.69, 9.17) is 4.74 Å². The Balaban J connectivity index is 2.09. The number of carbonyl (C=O) groups excluding carboxylic acids is 1. The lowest BCUT2D eigenvalue weighted by Gasteiger charge is -2.28. The monoisotopic (exact) mass is 313 g/mol. The van der Waals surface area contributed by atoms with Crippen LogP contribution in [0.25, 0.3) is 0 Å². The predicted molar refractivity (Wildman–Crippen MR) is 78.7 cm³/mol. The Labute approximate surface area is 126 Å². The van der Waals surface area contributed by atoms with Crippen molar-refractivity contribution in [3.8, 4) is 0 Å². The standard InChI is InChI=1S/C13H19N3O4S/c1-12(2,3)20-11(19)15-13(9(17)18)4-6-16(8-13)10-14-5-7-21-10/h5,7H,4,6,8H2,1-3H3,(H,15,19)(H,17,18). The molecule has 116 valence electrons. The van der Waals surface area contributed by atoms with E-state index in [9.17, 15) is 14.7 Å². The summed E-state index contributed by atoms with van der Waals surface area (Å²) in [7, 11) is 0. The third-order valence-electron chi connectivity index (χ3n) is 3.11. The van der Waals surface area contributed by atoms with Crippen molar-refractivity contribution >= 4 is 28.5 Å². The first kappa shape index (κ1) is 15.6. The van der Waals surface area contributed by atoms with Gasteiger partial charge in [0.2, 0.25) is 0 Å². The van der Waals surface area contributed by atoms with E-state index >= 15 is 0 Å². The van der Waals surface area contributed by atoms with E-state index in [2.05, 4.69) is 10.3 Å². The molecule has 1 saturated heterocycles. The molecule has 2 rings (SSSR count). The summed E-state index contributed by atoms with van der Waals surface area (Å²) in [6, 6.07) is 0. The third kappa shape index (κ3) is 3.63. The minimum Gasteiger partial charge on any atom is -0.479 e. The molecule has 0 bridgehead atoms. The quantitative estimate of drug-likeness (QED) is 0.882. The second-order valence-electron chi connectivity index (χ2n) is 6.00. The fourth-order valence-corrected chi connectivity index (χ4v) is 2.84. The van der Waals surface area contributed by atoms with Gasteiger partial charge in [-0.25, -0.2) is 14.6 Å². The number of carboxylic acid groups (broad SMARTS) is 1. The normalized spacial score (nSPS) is 22.1. The molecule has 1 amide bonds. The summed E-state index contributed by atoms with van der Waals surface area (Å²) in [5.41, 5.74) is -2.01. The fraction of sp³-hybridized carbons (Fsp3) is 0.615. The van der Waals surface area contributed by atoms with E-state index in [1.165, 1.54) is 11.3 Å². The van der Waals surface area contributed by atoms with Gasteiger partial charge >= 0.3 is 12.1 Å². The van der Waals surface area contributed by atoms with Gasteiger partial charge in [-0.05, 0) is 20.8 Å². The number of hydrogen-bond acceptors (Lipinski definition) is 6. The van der Waals surface area contributed by atoms with Crippen LogP contribution in [0.1, 0.15) is 27.2 Å². The average molecular weight is 313 g/mol. The Morgan fingerprint density at radius 2 is 2.24 bits per heavy atom. The summed E-state index contributed by atoms with van der Waals surface area (Å²) in [6.07, 6.45) is 1.26. The van der Waals surface area contributed by atoms with Crippen molar-refractivity contribution in [3.05, 3.63) is 11.6 Å². The number of anilines is 1. The fourth-order valence-electron chi connectivity index (χ4n) is 2.17. The molecule has 1 aromatic heterocycles. The number of aliphatic carboxylic acids is 1. The highest BCUT2D eigenvalue weighted by atomic mass is 32.1. The van der Waals surface area contributed by atoms with Crippen LogP contribution in [0.15, 0.2) is 11.6 Å². The largest absolute Gasteiger partial charge is 0.479 e. The zero-order valence-electron chi connectivity index (χ0n) is 12.3. The van der Waals surface area contributed by atoms with Gasteiger partial charge in [0.1, 0.15) is 5.60 Å². The Hall–Kier alpha value is -1.83. The molecule has 1 fully saturated rings. The smallest absolute Gasteiger partial charge is 0.408 e. The first-order chi connectivity index (χ1) is 9.72. The van der Waals surface area contributed by atoms with Crippen LogP contribution in [-0.4, -0.2) is 46.4 Å². The molecule has 1 atom stereocenters. The minimum atomic E-state index is -1.34. The van der Waals surface area contributed by atoms with Crippen LogP contribution in [-0.2, 0) is 9.53 Å². The maximum absolute atomic E-state index is 11.9. The summed E-state index contributed by atoms with van der Waals surface area (Å²) in [5.74, 6) is -1.06. The number of carboxylic acids is 1. The number of rotatable bonds is 3. The lowest BCUT2D eigenvalue weighted by molar-refractivity contribution is -0.143. The number of alkyl carbamates (subject to hydrolysis) is 1. The lowest BCUT2D eigenvalue weighted by Crippen LogP contribution is -2.57. The molecule has 8 heteroatoms. The summed E-state index contributed by atoms with van der Waals surface area (Å²) in [5, 5.41) is 14.6. The molecule has 0 aromatic carbocycles. The van der Waals surface area contributed by atoms with Gasteiger partial charge in [0.15, 0.2) is 10.7 Å². The number of nitrogens with zero attached hydrogens (tertiary/aromatic N) is 2. The predicted octanol–water partition coefficient (Wildman–Crippen LogP) is 1.70. The van der Waals surface area contributed by atoms with Crippen LogP contribution in [0.3, 0.4) is 0 Å². The van der Waals surface area contributed by atoms with E-state index in [-0.39, 0.29) is 6.54 Å². The Kier molecular flexibility index (Phi) is 4.08. The third-order valence-corrected chi connectivity index (χ3v) is 3.94. The first-order valence-corrected chi connectivity index (χ1v) is 7.49. The number of amides is 1. The molecule has 0 aliphatic carbocycles. The van der Waals surface area contributed by atoms with Crippen molar-refractivity contribution in [2.75, 3.05) is 18.0 Å². The second kappa shape index (κ2) is 5.51. The Bertz CT molecular complexity index is 526. The van der Waals surface area contributed by atoms with Crippen molar-refractivity contribution < 1.29 is 19.4 Å². The summed E-state index contributed by atoms with van der Waals surface area (Å²) >= 11 is 1.44. The van der Waals surface area contributed by atoms with Gasteiger partial charge in [-0.1, -0.05) is 0 Å². The van der Waals surface area contributed by atoms with Crippen LogP contribution in [0.2, 0.25) is 0 Å². The maximum atomic E-state index is 11.9. The van der Waals surface area contributed by atoms with Crippen molar-refractivity contribution in [1.29, 1.82) is 0 Å². The number of hydrogen-bond donors (Lipinski definition) is 2. The highest BCUT2D eigenvalue weighted by Gasteiger charge is 2.47. The zero-order chi connectivity index (χ0) is 15.7. The molecular formula is C13H19N3O4S. The van der Waals surface area contributed by atoms with E-state index in [1.54, 1.807) is 27.0 Å². The molecule has 1 aliphatic rings. The van der Waals surface area contributed by atoms with Gasteiger partial charge in [0.25, 0.3) is 0 Å². The van der Waals surface area contributed by atoms with Crippen molar-refractivity contribution in [2.45, 2.75) is 38.3 Å². The van der Waals surface area contributed by atoms with Gasteiger partial charge in [-0.3, -0.25) is 0 Å². The van der Waals surface area contributed by atoms with Crippen molar-refractivity contribution in [2.24, 2.45) is 0 Å². The van der Waals surface area contributed by atoms with Crippen LogP contribution >= 0.6 is 11.3 Å². The molecule has 0 radical (unpaired) electrons. The van der Waals surface area contributed by atoms with Gasteiger partial charge in [-0.15, -0.1) is 11.3 Å². The van der Waals surface area contributed by atoms with Crippen LogP contribution in [0.4, 0.5) is 9.93 Å². The molecule has 0 saturated carbocycles. The molecule has 1 aromatic rings. The lowest BCUT2D eigenvalue weighted by atomic mass is 9.99.